The molecule has 0 radical (unpaired) electrons. The highest BCUT2D eigenvalue weighted by atomic mass is 35.5. The second-order valence-corrected chi connectivity index (χ2v) is 7.29. The van der Waals surface area contributed by atoms with Crippen molar-refractivity contribution in [2.45, 2.75) is 12.1 Å². The van der Waals surface area contributed by atoms with E-state index in [1.807, 2.05) is 48.7 Å². The Kier molecular flexibility index (Phi) is 4.22. The minimum atomic E-state index is 0.00743. The summed E-state index contributed by atoms with van der Waals surface area (Å²) in [5.41, 5.74) is 2.00. The third-order valence-electron chi connectivity index (χ3n) is 4.04. The molecule has 2 atom stereocenters. The van der Waals surface area contributed by atoms with Crippen molar-refractivity contribution in [2.24, 2.45) is 0 Å². The van der Waals surface area contributed by atoms with Crippen LogP contribution in [0.15, 0.2) is 66.2 Å². The van der Waals surface area contributed by atoms with E-state index in [2.05, 4.69) is 32.7 Å². The summed E-state index contributed by atoms with van der Waals surface area (Å²) in [5, 5.41) is 6.94. The van der Waals surface area contributed by atoms with E-state index in [0.717, 1.165) is 11.4 Å². The molecule has 0 spiro atoms. The summed E-state index contributed by atoms with van der Waals surface area (Å²) in [6, 6.07) is 18.0. The Bertz CT molecular complexity index is 834. The van der Waals surface area contributed by atoms with E-state index in [0.29, 0.717) is 10.1 Å². The maximum absolute atomic E-state index is 6.04. The van der Waals surface area contributed by atoms with Crippen molar-refractivity contribution in [3.63, 3.8) is 0 Å². The van der Waals surface area contributed by atoms with Gasteiger partial charge in [0.2, 0.25) is 0 Å². The lowest BCUT2D eigenvalue weighted by Crippen LogP contribution is -2.28. The molecule has 2 aromatic heterocycles. The summed E-state index contributed by atoms with van der Waals surface area (Å²) < 4.78 is 0. The zero-order chi connectivity index (χ0) is 16.5. The third-order valence-corrected chi connectivity index (χ3v) is 5.55. The van der Waals surface area contributed by atoms with Gasteiger partial charge in [-0.05, 0) is 60.1 Å². The number of pyridine rings is 1. The molecule has 1 N–H and O–H groups in total. The summed E-state index contributed by atoms with van der Waals surface area (Å²) in [4.78, 5) is 7.93. The van der Waals surface area contributed by atoms with E-state index in [-0.39, 0.29) is 12.1 Å². The van der Waals surface area contributed by atoms with Crippen LogP contribution in [0.4, 0.5) is 5.69 Å². The fourth-order valence-corrected chi connectivity index (χ4v) is 4.31. The van der Waals surface area contributed by atoms with E-state index in [1.54, 1.807) is 11.3 Å². The molecule has 3 aromatic rings. The zero-order valence-corrected chi connectivity index (χ0v) is 15.0. The molecule has 1 aliphatic rings. The number of hydrogen-bond donors (Lipinski definition) is 1. The van der Waals surface area contributed by atoms with Crippen LogP contribution >= 0.6 is 35.2 Å². The molecule has 1 saturated heterocycles. The highest BCUT2D eigenvalue weighted by Crippen LogP contribution is 2.42. The lowest BCUT2D eigenvalue weighted by molar-refractivity contribution is 0.575. The normalized spacial score (nSPS) is 20.2. The summed E-state index contributed by atoms with van der Waals surface area (Å²) in [6.07, 6.45) is 1.82. The van der Waals surface area contributed by atoms with E-state index in [1.165, 1.54) is 4.88 Å². The van der Waals surface area contributed by atoms with Crippen molar-refractivity contribution >= 4 is 46.0 Å². The van der Waals surface area contributed by atoms with Crippen molar-refractivity contribution in [1.82, 2.24) is 10.3 Å². The summed E-state index contributed by atoms with van der Waals surface area (Å²) >= 11 is 13.4. The van der Waals surface area contributed by atoms with Crippen LogP contribution in [0.1, 0.15) is 22.7 Å². The standard InChI is InChI=1S/C18H14ClN3S2/c19-12-6-8-13(9-7-12)22-17(15-5-3-11-24-15)16(21-18(22)23)14-4-1-2-10-20-14/h1-11,16-17H,(H,21,23)/t16-,17-/m1/s1. The number of halogens is 1. The second kappa shape index (κ2) is 6.51. The molecular formula is C18H14ClN3S2. The van der Waals surface area contributed by atoms with Crippen LogP contribution in [0.25, 0.3) is 0 Å². The van der Waals surface area contributed by atoms with Crippen molar-refractivity contribution in [2.75, 3.05) is 4.90 Å². The molecule has 24 heavy (non-hydrogen) atoms. The molecule has 1 aromatic carbocycles. The molecule has 1 aliphatic heterocycles. The van der Waals surface area contributed by atoms with Crippen LogP contribution < -0.4 is 10.2 Å². The Labute approximate surface area is 154 Å². The topological polar surface area (TPSA) is 28.2 Å². The van der Waals surface area contributed by atoms with Crippen molar-refractivity contribution < 1.29 is 0 Å². The Balaban J connectivity index is 1.80. The van der Waals surface area contributed by atoms with Gasteiger partial charge in [0, 0.05) is 21.8 Å². The first-order chi connectivity index (χ1) is 11.7. The third kappa shape index (κ3) is 2.79. The van der Waals surface area contributed by atoms with Gasteiger partial charge in [-0.25, -0.2) is 0 Å². The van der Waals surface area contributed by atoms with Crippen LogP contribution in [0.3, 0.4) is 0 Å². The van der Waals surface area contributed by atoms with Crippen LogP contribution in [0.5, 0.6) is 0 Å². The van der Waals surface area contributed by atoms with Gasteiger partial charge in [0.25, 0.3) is 0 Å². The van der Waals surface area contributed by atoms with Gasteiger partial charge in [-0.15, -0.1) is 11.3 Å². The van der Waals surface area contributed by atoms with Crippen LogP contribution in [-0.2, 0) is 0 Å². The lowest BCUT2D eigenvalue weighted by Gasteiger charge is -2.26. The molecule has 6 heteroatoms. The van der Waals surface area contributed by atoms with E-state index >= 15 is 0 Å². The van der Waals surface area contributed by atoms with Gasteiger partial charge < -0.3 is 10.2 Å². The van der Waals surface area contributed by atoms with Crippen LogP contribution in [0.2, 0.25) is 5.02 Å². The van der Waals surface area contributed by atoms with Crippen molar-refractivity contribution in [3.05, 3.63) is 81.8 Å². The molecule has 0 saturated carbocycles. The highest BCUT2D eigenvalue weighted by Gasteiger charge is 2.41. The number of anilines is 1. The van der Waals surface area contributed by atoms with Crippen molar-refractivity contribution in [1.29, 1.82) is 0 Å². The average Bonchev–Trinajstić information content (AvgIpc) is 3.24. The van der Waals surface area contributed by atoms with Crippen molar-refractivity contribution in [3.8, 4) is 0 Å². The Hall–Kier alpha value is -1.95. The number of aromatic nitrogens is 1. The number of nitrogens with one attached hydrogen (secondary N) is 1. The molecular weight excluding hydrogens is 358 g/mol. The Morgan fingerprint density at radius 1 is 1.08 bits per heavy atom. The Morgan fingerprint density at radius 3 is 2.58 bits per heavy atom. The van der Waals surface area contributed by atoms with E-state index < -0.39 is 0 Å². The van der Waals surface area contributed by atoms with Gasteiger partial charge in [-0.2, -0.15) is 0 Å². The number of benzene rings is 1. The van der Waals surface area contributed by atoms with Gasteiger partial charge in [0.15, 0.2) is 5.11 Å². The minimum Gasteiger partial charge on any atom is -0.351 e. The quantitative estimate of drug-likeness (QED) is 0.657. The number of nitrogens with zero attached hydrogens (tertiary/aromatic N) is 2. The average molecular weight is 372 g/mol. The van der Waals surface area contributed by atoms with Crippen LogP contribution in [-0.4, -0.2) is 10.1 Å². The van der Waals surface area contributed by atoms with Gasteiger partial charge in [0.1, 0.15) is 0 Å². The molecule has 0 aliphatic carbocycles. The molecule has 3 nitrogen and oxygen atoms in total. The number of thiophene rings is 1. The van der Waals surface area contributed by atoms with E-state index in [4.69, 9.17) is 23.8 Å². The maximum Gasteiger partial charge on any atom is 0.174 e. The second-order valence-electron chi connectivity index (χ2n) is 5.49. The predicted octanol–water partition coefficient (Wildman–Crippen LogP) is 4.97. The Morgan fingerprint density at radius 2 is 1.92 bits per heavy atom. The lowest BCUT2D eigenvalue weighted by atomic mass is 10.0. The monoisotopic (exact) mass is 371 g/mol. The SMILES string of the molecule is S=C1N[C@H](c2ccccn2)[C@@H](c2cccs2)N1c1ccc(Cl)cc1. The van der Waals surface area contributed by atoms with E-state index in [9.17, 15) is 0 Å². The molecule has 120 valence electrons. The molecule has 4 rings (SSSR count). The summed E-state index contributed by atoms with van der Waals surface area (Å²) in [6.45, 7) is 0. The smallest absolute Gasteiger partial charge is 0.174 e. The summed E-state index contributed by atoms with van der Waals surface area (Å²) in [5.74, 6) is 0. The van der Waals surface area contributed by atoms with Gasteiger partial charge in [0.05, 0.1) is 17.8 Å². The summed E-state index contributed by atoms with van der Waals surface area (Å²) in [7, 11) is 0. The number of thiocarbonyl (C=S) groups is 1. The molecule has 0 bridgehead atoms. The fourth-order valence-electron chi connectivity index (χ4n) is 2.98. The molecule has 0 amide bonds. The first-order valence-electron chi connectivity index (χ1n) is 7.53. The highest BCUT2D eigenvalue weighted by molar-refractivity contribution is 7.80. The predicted molar refractivity (Wildman–Crippen MR) is 104 cm³/mol. The largest absolute Gasteiger partial charge is 0.351 e. The minimum absolute atomic E-state index is 0.00743. The first-order valence-corrected chi connectivity index (χ1v) is 9.20. The first kappa shape index (κ1) is 15.6. The van der Waals surface area contributed by atoms with Gasteiger partial charge >= 0.3 is 0 Å². The molecule has 3 heterocycles. The maximum atomic E-state index is 6.04. The zero-order valence-electron chi connectivity index (χ0n) is 12.6. The molecule has 0 unspecified atom stereocenters. The number of rotatable bonds is 3. The molecule has 1 fully saturated rings. The van der Waals surface area contributed by atoms with Crippen LogP contribution in [0, 0.1) is 0 Å². The number of hydrogen-bond acceptors (Lipinski definition) is 3. The van der Waals surface area contributed by atoms with Gasteiger partial charge in [-0.1, -0.05) is 23.7 Å². The fraction of sp³-hybridized carbons (Fsp3) is 0.111. The van der Waals surface area contributed by atoms with Gasteiger partial charge in [-0.3, -0.25) is 4.98 Å².